The number of fused-ring (bicyclic) bond motifs is 1. The predicted octanol–water partition coefficient (Wildman–Crippen LogP) is 3.05. The first-order valence-electron chi connectivity index (χ1n) is 10.0. The number of rotatable bonds is 6. The highest BCUT2D eigenvalue weighted by atomic mass is 32.1. The Morgan fingerprint density at radius 1 is 1.11 bits per heavy atom. The van der Waals surface area contributed by atoms with Crippen molar-refractivity contribution >= 4 is 27.5 Å². The van der Waals surface area contributed by atoms with Gasteiger partial charge in [-0.3, -0.25) is 4.79 Å². The van der Waals surface area contributed by atoms with Crippen molar-refractivity contribution in [1.29, 1.82) is 0 Å². The molecule has 0 atom stereocenters. The minimum absolute atomic E-state index is 0.0973. The van der Waals surface area contributed by atoms with Gasteiger partial charge in [0.25, 0.3) is 5.91 Å². The molecule has 2 aliphatic carbocycles. The quantitative estimate of drug-likeness (QED) is 0.669. The van der Waals surface area contributed by atoms with Gasteiger partial charge >= 0.3 is 0 Å². The van der Waals surface area contributed by atoms with E-state index in [2.05, 4.69) is 39.1 Å². The van der Waals surface area contributed by atoms with E-state index >= 15 is 0 Å². The van der Waals surface area contributed by atoms with Crippen LogP contribution in [0.4, 0.5) is 0 Å². The van der Waals surface area contributed by atoms with Gasteiger partial charge in [-0.25, -0.2) is 9.67 Å². The van der Waals surface area contributed by atoms with E-state index in [-0.39, 0.29) is 5.91 Å². The van der Waals surface area contributed by atoms with Crippen LogP contribution in [0, 0.1) is 0 Å². The molecule has 0 bridgehead atoms. The summed E-state index contributed by atoms with van der Waals surface area (Å²) in [7, 11) is 0. The fraction of sp³-hybridized carbons (Fsp3) is 0.500. The number of carbonyl (C=O) groups excluding carboxylic acids is 1. The van der Waals surface area contributed by atoms with E-state index in [1.165, 1.54) is 4.70 Å². The zero-order valence-electron chi connectivity index (χ0n) is 15.7. The number of amides is 1. The van der Waals surface area contributed by atoms with E-state index in [0.29, 0.717) is 23.8 Å². The lowest BCUT2D eigenvalue weighted by Gasteiger charge is -2.28. The highest BCUT2D eigenvalue weighted by Crippen LogP contribution is 2.29. The Kier molecular flexibility index (Phi) is 4.82. The first-order chi connectivity index (χ1) is 13.7. The summed E-state index contributed by atoms with van der Waals surface area (Å²) in [5, 5.41) is 16.0. The molecule has 3 aromatic rings. The Bertz CT molecular complexity index is 937. The fourth-order valence-corrected chi connectivity index (χ4v) is 4.74. The van der Waals surface area contributed by atoms with Crippen LogP contribution >= 0.6 is 11.3 Å². The third-order valence-corrected chi connectivity index (χ3v) is 6.64. The van der Waals surface area contributed by atoms with E-state index in [4.69, 9.17) is 4.98 Å². The van der Waals surface area contributed by atoms with Gasteiger partial charge in [-0.1, -0.05) is 17.3 Å². The standard InChI is InChI=1S/C20H24N6OS/c27-20(22-14-5-6-14)17-12-26(25-24-17)15-9-7-13(8-10-15)21-11-19-23-16-3-1-2-4-18(16)28-19/h1-4,12-15,21H,5-11H2,(H,22,27). The average Bonchev–Trinajstić information content (AvgIpc) is 3.24. The van der Waals surface area contributed by atoms with E-state index in [1.54, 1.807) is 17.5 Å². The number of aromatic nitrogens is 4. The van der Waals surface area contributed by atoms with Crippen molar-refractivity contribution in [2.75, 3.05) is 0 Å². The number of hydrogen-bond donors (Lipinski definition) is 2. The second kappa shape index (κ2) is 7.60. The Hall–Kier alpha value is -2.32. The second-order valence-corrected chi connectivity index (χ2v) is 8.91. The number of benzene rings is 1. The van der Waals surface area contributed by atoms with Crippen LogP contribution < -0.4 is 10.6 Å². The summed E-state index contributed by atoms with van der Waals surface area (Å²) < 4.78 is 3.13. The predicted molar refractivity (Wildman–Crippen MR) is 108 cm³/mol. The maximum absolute atomic E-state index is 12.1. The van der Waals surface area contributed by atoms with Crippen LogP contribution in [-0.4, -0.2) is 38.0 Å². The molecule has 0 radical (unpaired) electrons. The molecule has 0 saturated heterocycles. The Morgan fingerprint density at radius 3 is 2.68 bits per heavy atom. The van der Waals surface area contributed by atoms with Crippen LogP contribution in [0.3, 0.4) is 0 Å². The van der Waals surface area contributed by atoms with Gasteiger partial charge in [-0.15, -0.1) is 16.4 Å². The molecule has 2 aliphatic rings. The van der Waals surface area contributed by atoms with Crippen LogP contribution in [0.5, 0.6) is 0 Å². The third kappa shape index (κ3) is 3.93. The van der Waals surface area contributed by atoms with Gasteiger partial charge in [0, 0.05) is 18.6 Å². The van der Waals surface area contributed by atoms with Gasteiger partial charge in [0.15, 0.2) is 5.69 Å². The maximum atomic E-state index is 12.1. The van der Waals surface area contributed by atoms with Crippen LogP contribution in [0.1, 0.15) is 60.1 Å². The SMILES string of the molecule is O=C(NC1CC1)c1cn(C2CCC(NCc3nc4ccccc4s3)CC2)nn1. The van der Waals surface area contributed by atoms with E-state index < -0.39 is 0 Å². The number of thiazole rings is 1. The lowest BCUT2D eigenvalue weighted by Crippen LogP contribution is -2.33. The van der Waals surface area contributed by atoms with E-state index in [1.807, 2.05) is 10.7 Å². The summed E-state index contributed by atoms with van der Waals surface area (Å²) in [6.45, 7) is 0.823. The zero-order valence-corrected chi connectivity index (χ0v) is 16.5. The van der Waals surface area contributed by atoms with Crippen LogP contribution in [-0.2, 0) is 6.54 Å². The second-order valence-electron chi connectivity index (χ2n) is 7.79. The van der Waals surface area contributed by atoms with Gasteiger partial charge in [-0.05, 0) is 50.7 Å². The molecule has 146 valence electrons. The maximum Gasteiger partial charge on any atom is 0.273 e. The lowest BCUT2D eigenvalue weighted by molar-refractivity contribution is 0.0946. The molecule has 0 spiro atoms. The van der Waals surface area contributed by atoms with Crippen LogP contribution in [0.15, 0.2) is 30.5 Å². The molecule has 2 fully saturated rings. The third-order valence-electron chi connectivity index (χ3n) is 5.61. The molecule has 2 saturated carbocycles. The van der Waals surface area contributed by atoms with Crippen molar-refractivity contribution in [3.63, 3.8) is 0 Å². The zero-order chi connectivity index (χ0) is 18.9. The number of nitrogens with one attached hydrogen (secondary N) is 2. The summed E-state index contributed by atoms with van der Waals surface area (Å²) in [5.41, 5.74) is 1.52. The van der Waals surface area contributed by atoms with Gasteiger partial charge in [0.1, 0.15) is 5.01 Å². The smallest absolute Gasteiger partial charge is 0.273 e. The molecule has 2 heterocycles. The van der Waals surface area contributed by atoms with Crippen molar-refractivity contribution in [3.05, 3.63) is 41.2 Å². The Morgan fingerprint density at radius 2 is 1.89 bits per heavy atom. The number of hydrogen-bond acceptors (Lipinski definition) is 6. The van der Waals surface area contributed by atoms with Crippen molar-refractivity contribution in [3.8, 4) is 0 Å². The molecule has 2 N–H and O–H groups in total. The Balaban J connectivity index is 1.12. The molecule has 1 amide bonds. The monoisotopic (exact) mass is 396 g/mol. The average molecular weight is 397 g/mol. The summed E-state index contributed by atoms with van der Waals surface area (Å²) in [5.74, 6) is -0.0973. The van der Waals surface area contributed by atoms with Crippen molar-refractivity contribution in [2.45, 2.75) is 63.2 Å². The minimum Gasteiger partial charge on any atom is -0.348 e. The summed E-state index contributed by atoms with van der Waals surface area (Å²) >= 11 is 1.76. The van der Waals surface area contributed by atoms with Crippen molar-refractivity contribution < 1.29 is 4.79 Å². The summed E-state index contributed by atoms with van der Waals surface area (Å²) in [6.07, 6.45) is 8.24. The highest BCUT2D eigenvalue weighted by Gasteiger charge is 2.27. The summed E-state index contributed by atoms with van der Waals surface area (Å²) in [4.78, 5) is 16.8. The van der Waals surface area contributed by atoms with Crippen molar-refractivity contribution in [2.24, 2.45) is 0 Å². The molecule has 1 aromatic carbocycles. The number of nitrogens with zero attached hydrogens (tertiary/aromatic N) is 4. The topological polar surface area (TPSA) is 84.7 Å². The molecule has 7 nitrogen and oxygen atoms in total. The largest absolute Gasteiger partial charge is 0.348 e. The Labute approximate surface area is 167 Å². The highest BCUT2D eigenvalue weighted by molar-refractivity contribution is 7.18. The molecular weight excluding hydrogens is 372 g/mol. The van der Waals surface area contributed by atoms with Crippen LogP contribution in [0.25, 0.3) is 10.2 Å². The molecule has 28 heavy (non-hydrogen) atoms. The lowest BCUT2D eigenvalue weighted by atomic mass is 9.91. The number of para-hydroxylation sites is 1. The molecular formula is C20H24N6OS. The van der Waals surface area contributed by atoms with E-state index in [9.17, 15) is 4.79 Å². The molecule has 2 aromatic heterocycles. The van der Waals surface area contributed by atoms with Gasteiger partial charge < -0.3 is 10.6 Å². The minimum atomic E-state index is -0.0973. The fourth-order valence-electron chi connectivity index (χ4n) is 3.82. The molecule has 5 rings (SSSR count). The first kappa shape index (κ1) is 17.8. The number of carbonyl (C=O) groups is 1. The molecule has 0 unspecified atom stereocenters. The molecule has 8 heteroatoms. The normalized spacial score (nSPS) is 22.4. The van der Waals surface area contributed by atoms with E-state index in [0.717, 1.165) is 55.6 Å². The van der Waals surface area contributed by atoms with Gasteiger partial charge in [0.2, 0.25) is 0 Å². The van der Waals surface area contributed by atoms with Gasteiger partial charge in [-0.2, -0.15) is 0 Å². The first-order valence-corrected chi connectivity index (χ1v) is 10.9. The van der Waals surface area contributed by atoms with Crippen molar-refractivity contribution in [1.82, 2.24) is 30.6 Å². The molecule has 0 aliphatic heterocycles. The van der Waals surface area contributed by atoms with Gasteiger partial charge in [0.05, 0.1) is 22.5 Å². The van der Waals surface area contributed by atoms with Crippen LogP contribution in [0.2, 0.25) is 0 Å². The summed E-state index contributed by atoms with van der Waals surface area (Å²) in [6, 6.07) is 9.46.